The molecular weight excluding hydrogens is 340 g/mol. The van der Waals surface area contributed by atoms with Crippen molar-refractivity contribution in [3.05, 3.63) is 78.1 Å². The predicted molar refractivity (Wildman–Crippen MR) is 104 cm³/mol. The first-order valence-corrected chi connectivity index (χ1v) is 8.93. The van der Waals surface area contributed by atoms with Crippen LogP contribution in [0.4, 0.5) is 0 Å². The molecule has 0 spiro atoms. The third-order valence-corrected chi connectivity index (χ3v) is 4.13. The number of ether oxygens (including phenoxy) is 1. The van der Waals surface area contributed by atoms with Crippen molar-refractivity contribution in [1.29, 1.82) is 0 Å². The summed E-state index contributed by atoms with van der Waals surface area (Å²) < 4.78 is 5.25. The van der Waals surface area contributed by atoms with Gasteiger partial charge in [-0.25, -0.2) is 0 Å². The molecule has 1 aromatic heterocycles. The topological polar surface area (TPSA) is 68.3 Å². The van der Waals surface area contributed by atoms with Gasteiger partial charge in [0.2, 0.25) is 0 Å². The molecule has 1 amide bonds. The third-order valence-electron chi connectivity index (χ3n) is 4.13. The van der Waals surface area contributed by atoms with Crippen LogP contribution in [0.25, 0.3) is 10.8 Å². The third kappa shape index (κ3) is 4.70. The fraction of sp³-hybridized carbons (Fsp3) is 0.227. The number of nitrogens with one attached hydrogen (secondary N) is 1. The number of hydrogen-bond acceptors (Lipinski definition) is 4. The second-order valence-electron chi connectivity index (χ2n) is 6.56. The van der Waals surface area contributed by atoms with E-state index in [1.165, 1.54) is 0 Å². The van der Waals surface area contributed by atoms with Gasteiger partial charge in [0, 0.05) is 11.6 Å². The highest BCUT2D eigenvalue weighted by Crippen LogP contribution is 2.21. The van der Waals surface area contributed by atoms with Gasteiger partial charge in [0.15, 0.2) is 0 Å². The predicted octanol–water partition coefficient (Wildman–Crippen LogP) is 4.05. The van der Waals surface area contributed by atoms with E-state index in [1.807, 2.05) is 60.7 Å². The number of carbonyl (C=O) groups excluding carboxylic acids is 2. The Bertz CT molecular complexity index is 933. The summed E-state index contributed by atoms with van der Waals surface area (Å²) in [7, 11) is 0. The van der Waals surface area contributed by atoms with Gasteiger partial charge in [-0.2, -0.15) is 0 Å². The van der Waals surface area contributed by atoms with Gasteiger partial charge in [0.1, 0.15) is 5.69 Å². The van der Waals surface area contributed by atoms with Gasteiger partial charge >= 0.3 is 5.97 Å². The van der Waals surface area contributed by atoms with E-state index in [1.54, 1.807) is 20.0 Å². The first-order valence-electron chi connectivity index (χ1n) is 8.93. The van der Waals surface area contributed by atoms with Gasteiger partial charge in [-0.15, -0.1) is 0 Å². The summed E-state index contributed by atoms with van der Waals surface area (Å²) in [5, 5.41) is 4.65. The molecule has 0 aliphatic rings. The number of amides is 1. The Hall–Kier alpha value is -3.21. The molecule has 1 heterocycles. The summed E-state index contributed by atoms with van der Waals surface area (Å²) in [6.07, 6.45) is 1.46. The standard InChI is InChI=1S/C22H22N2O3/c1-15(2)27-20(25)14-19(17-9-4-3-5-10-17)24-22(26)21-18-11-7-6-8-16(18)12-13-23-21/h3-13,15,19H,14H2,1-2H3,(H,24,26). The summed E-state index contributed by atoms with van der Waals surface area (Å²) in [5.74, 6) is -0.678. The quantitative estimate of drug-likeness (QED) is 0.672. The first kappa shape index (κ1) is 18.6. The second kappa shape index (κ2) is 8.45. The molecule has 27 heavy (non-hydrogen) atoms. The Morgan fingerprint density at radius 3 is 2.44 bits per heavy atom. The highest BCUT2D eigenvalue weighted by molar-refractivity contribution is 6.05. The number of nitrogens with zero attached hydrogens (tertiary/aromatic N) is 1. The zero-order valence-electron chi connectivity index (χ0n) is 15.4. The van der Waals surface area contributed by atoms with Crippen molar-refractivity contribution in [3.63, 3.8) is 0 Å². The van der Waals surface area contributed by atoms with Crippen LogP contribution in [0.2, 0.25) is 0 Å². The Labute approximate surface area is 158 Å². The normalized spacial score (nSPS) is 12.0. The fourth-order valence-electron chi connectivity index (χ4n) is 2.94. The Morgan fingerprint density at radius 1 is 1.00 bits per heavy atom. The van der Waals surface area contributed by atoms with Crippen LogP contribution in [0.5, 0.6) is 0 Å². The monoisotopic (exact) mass is 362 g/mol. The Balaban J connectivity index is 1.86. The summed E-state index contributed by atoms with van der Waals surface area (Å²) in [6.45, 7) is 3.60. The van der Waals surface area contributed by atoms with E-state index >= 15 is 0 Å². The van der Waals surface area contributed by atoms with Gasteiger partial charge in [0.05, 0.1) is 18.6 Å². The zero-order chi connectivity index (χ0) is 19.2. The smallest absolute Gasteiger partial charge is 0.308 e. The van der Waals surface area contributed by atoms with E-state index in [-0.39, 0.29) is 24.4 Å². The van der Waals surface area contributed by atoms with Crippen LogP contribution in [0.3, 0.4) is 0 Å². The molecule has 3 rings (SSSR count). The molecule has 0 bridgehead atoms. The maximum Gasteiger partial charge on any atom is 0.308 e. The summed E-state index contributed by atoms with van der Waals surface area (Å²) in [4.78, 5) is 29.4. The summed E-state index contributed by atoms with van der Waals surface area (Å²) in [5.41, 5.74) is 1.18. The van der Waals surface area contributed by atoms with E-state index in [0.717, 1.165) is 16.3 Å². The molecule has 2 aromatic carbocycles. The lowest BCUT2D eigenvalue weighted by Crippen LogP contribution is -2.31. The van der Waals surface area contributed by atoms with E-state index in [2.05, 4.69) is 10.3 Å². The van der Waals surface area contributed by atoms with Crippen LogP contribution in [0.1, 0.15) is 42.4 Å². The molecule has 0 saturated carbocycles. The maximum absolute atomic E-state index is 12.9. The van der Waals surface area contributed by atoms with E-state index < -0.39 is 6.04 Å². The van der Waals surface area contributed by atoms with Gasteiger partial charge in [-0.1, -0.05) is 54.6 Å². The van der Waals surface area contributed by atoms with Crippen molar-refractivity contribution in [2.75, 3.05) is 0 Å². The van der Waals surface area contributed by atoms with Crippen LogP contribution < -0.4 is 5.32 Å². The SMILES string of the molecule is CC(C)OC(=O)CC(NC(=O)c1nccc2ccccc12)c1ccccc1. The highest BCUT2D eigenvalue weighted by atomic mass is 16.5. The van der Waals surface area contributed by atoms with Crippen LogP contribution >= 0.6 is 0 Å². The molecule has 0 aliphatic carbocycles. The fourth-order valence-corrected chi connectivity index (χ4v) is 2.94. The van der Waals surface area contributed by atoms with Crippen molar-refractivity contribution >= 4 is 22.6 Å². The lowest BCUT2D eigenvalue weighted by atomic mass is 10.0. The number of esters is 1. The van der Waals surface area contributed by atoms with Gasteiger partial charge < -0.3 is 10.1 Å². The van der Waals surface area contributed by atoms with Crippen molar-refractivity contribution < 1.29 is 14.3 Å². The molecule has 1 N–H and O–H groups in total. The number of aromatic nitrogens is 1. The molecule has 5 heteroatoms. The zero-order valence-corrected chi connectivity index (χ0v) is 15.4. The van der Waals surface area contributed by atoms with Crippen molar-refractivity contribution in [1.82, 2.24) is 10.3 Å². The Kier molecular flexibility index (Phi) is 5.81. The minimum atomic E-state index is -0.495. The van der Waals surface area contributed by atoms with E-state index in [9.17, 15) is 9.59 Å². The van der Waals surface area contributed by atoms with Crippen LogP contribution in [-0.4, -0.2) is 23.0 Å². The molecule has 1 unspecified atom stereocenters. The average Bonchev–Trinajstić information content (AvgIpc) is 2.67. The summed E-state index contributed by atoms with van der Waals surface area (Å²) >= 11 is 0. The van der Waals surface area contributed by atoms with E-state index in [0.29, 0.717) is 5.69 Å². The van der Waals surface area contributed by atoms with Crippen LogP contribution in [0, 0.1) is 0 Å². The summed E-state index contributed by atoms with van der Waals surface area (Å²) in [6, 6.07) is 18.3. The van der Waals surface area contributed by atoms with Gasteiger partial charge in [0.25, 0.3) is 5.91 Å². The molecular formula is C22H22N2O3. The highest BCUT2D eigenvalue weighted by Gasteiger charge is 2.22. The van der Waals surface area contributed by atoms with E-state index in [4.69, 9.17) is 4.74 Å². The van der Waals surface area contributed by atoms with Crippen molar-refractivity contribution in [3.8, 4) is 0 Å². The number of carbonyl (C=O) groups is 2. The number of pyridine rings is 1. The van der Waals surface area contributed by atoms with Crippen molar-refractivity contribution in [2.45, 2.75) is 32.4 Å². The number of fused-ring (bicyclic) bond motifs is 1. The molecule has 0 radical (unpaired) electrons. The van der Waals surface area contributed by atoms with Gasteiger partial charge in [-0.3, -0.25) is 14.6 Å². The lowest BCUT2D eigenvalue weighted by molar-refractivity contribution is -0.147. The molecule has 0 saturated heterocycles. The number of benzene rings is 2. The molecule has 0 aliphatic heterocycles. The maximum atomic E-state index is 12.9. The van der Waals surface area contributed by atoms with Crippen LogP contribution in [-0.2, 0) is 9.53 Å². The largest absolute Gasteiger partial charge is 0.463 e. The molecule has 3 aromatic rings. The number of hydrogen-bond donors (Lipinski definition) is 1. The average molecular weight is 362 g/mol. The lowest BCUT2D eigenvalue weighted by Gasteiger charge is -2.19. The first-order chi connectivity index (χ1) is 13.0. The number of rotatable bonds is 6. The molecule has 138 valence electrons. The molecule has 0 fully saturated rings. The Morgan fingerprint density at radius 2 is 1.70 bits per heavy atom. The van der Waals surface area contributed by atoms with Gasteiger partial charge in [-0.05, 0) is 30.9 Å². The molecule has 5 nitrogen and oxygen atoms in total. The van der Waals surface area contributed by atoms with Crippen LogP contribution in [0.15, 0.2) is 66.9 Å². The minimum Gasteiger partial charge on any atom is -0.463 e. The second-order valence-corrected chi connectivity index (χ2v) is 6.56. The van der Waals surface area contributed by atoms with Crippen molar-refractivity contribution in [2.24, 2.45) is 0 Å². The molecule has 1 atom stereocenters. The minimum absolute atomic E-state index is 0.0543.